The van der Waals surface area contributed by atoms with Crippen LogP contribution in [0.5, 0.6) is 0 Å². The first-order chi connectivity index (χ1) is 14.3. The van der Waals surface area contributed by atoms with Gasteiger partial charge in [0.05, 0.1) is 6.04 Å². The average Bonchev–Trinajstić information content (AvgIpc) is 2.67. The molecule has 0 aromatic heterocycles. The number of amides is 2. The Morgan fingerprint density at radius 3 is 2.00 bits per heavy atom. The minimum atomic E-state index is -4.90. The third-order valence-electron chi connectivity index (χ3n) is 5.22. The highest BCUT2D eigenvalue weighted by Crippen LogP contribution is 2.27. The van der Waals surface area contributed by atoms with Crippen LogP contribution in [0.25, 0.3) is 0 Å². The quantitative estimate of drug-likeness (QED) is 0.731. The van der Waals surface area contributed by atoms with E-state index in [-0.39, 0.29) is 12.1 Å². The molecule has 1 saturated heterocycles. The Kier molecular flexibility index (Phi) is 7.97. The van der Waals surface area contributed by atoms with Crippen LogP contribution >= 0.6 is 0 Å². The second kappa shape index (κ2) is 9.89. The summed E-state index contributed by atoms with van der Waals surface area (Å²) in [6.45, 7) is 11.7. The van der Waals surface area contributed by atoms with Crippen molar-refractivity contribution in [3.05, 3.63) is 35.4 Å². The lowest BCUT2D eigenvalue weighted by molar-refractivity contribution is -0.174. The standard InChI is InChI=1S/C22H32F3N3O3/c1-6-18(27-11-13-28(14-12-27)20(30)31-21(3,4)5)17-9-7-16(8-10-17)15(2)26-19(29)22(23,24)25/h7-10,15,18H,6,11-14H2,1-5H3,(H,26,29)/t15-,18+/m0/s1. The molecule has 0 bridgehead atoms. The van der Waals surface area contributed by atoms with E-state index in [4.69, 9.17) is 4.74 Å². The van der Waals surface area contributed by atoms with Gasteiger partial charge in [0.2, 0.25) is 0 Å². The highest BCUT2D eigenvalue weighted by molar-refractivity contribution is 5.82. The molecule has 0 saturated carbocycles. The molecule has 0 unspecified atom stereocenters. The predicted molar refractivity (Wildman–Crippen MR) is 111 cm³/mol. The van der Waals surface area contributed by atoms with Crippen molar-refractivity contribution in [1.82, 2.24) is 15.1 Å². The minimum absolute atomic E-state index is 0.134. The number of carbonyl (C=O) groups is 2. The zero-order valence-corrected chi connectivity index (χ0v) is 18.8. The Bertz CT molecular complexity index is 752. The molecule has 2 atom stereocenters. The summed E-state index contributed by atoms with van der Waals surface area (Å²) in [6, 6.07) is 6.66. The maximum Gasteiger partial charge on any atom is 0.471 e. The number of piperazine rings is 1. The number of halogens is 3. The normalized spacial score (nSPS) is 17.7. The molecule has 1 aromatic carbocycles. The molecule has 1 fully saturated rings. The van der Waals surface area contributed by atoms with E-state index in [1.165, 1.54) is 6.92 Å². The van der Waals surface area contributed by atoms with E-state index >= 15 is 0 Å². The number of ether oxygens (including phenoxy) is 1. The third kappa shape index (κ3) is 7.12. The van der Waals surface area contributed by atoms with Crippen molar-refractivity contribution in [2.45, 2.75) is 64.9 Å². The Morgan fingerprint density at radius 1 is 1.03 bits per heavy atom. The summed E-state index contributed by atoms with van der Waals surface area (Å²) < 4.78 is 42.8. The van der Waals surface area contributed by atoms with Gasteiger partial charge in [-0.05, 0) is 45.2 Å². The monoisotopic (exact) mass is 443 g/mol. The van der Waals surface area contributed by atoms with E-state index in [0.717, 1.165) is 12.0 Å². The summed E-state index contributed by atoms with van der Waals surface area (Å²) in [5.74, 6) is -1.95. The number of nitrogens with one attached hydrogen (secondary N) is 1. The third-order valence-corrected chi connectivity index (χ3v) is 5.22. The van der Waals surface area contributed by atoms with Gasteiger partial charge in [0.25, 0.3) is 0 Å². The van der Waals surface area contributed by atoms with Crippen LogP contribution < -0.4 is 5.32 Å². The second-order valence-electron chi connectivity index (χ2n) is 8.79. The van der Waals surface area contributed by atoms with E-state index < -0.39 is 23.7 Å². The van der Waals surface area contributed by atoms with Gasteiger partial charge in [0.15, 0.2) is 0 Å². The average molecular weight is 444 g/mol. The van der Waals surface area contributed by atoms with Gasteiger partial charge >= 0.3 is 18.2 Å². The van der Waals surface area contributed by atoms with Gasteiger partial charge in [-0.3, -0.25) is 9.69 Å². The van der Waals surface area contributed by atoms with Crippen LogP contribution in [-0.4, -0.2) is 59.8 Å². The van der Waals surface area contributed by atoms with Crippen LogP contribution in [0.3, 0.4) is 0 Å². The molecule has 1 N–H and O–H groups in total. The molecule has 0 spiro atoms. The Morgan fingerprint density at radius 2 is 1.55 bits per heavy atom. The van der Waals surface area contributed by atoms with E-state index in [2.05, 4.69) is 11.8 Å². The molecule has 31 heavy (non-hydrogen) atoms. The number of nitrogens with zero attached hydrogens (tertiary/aromatic N) is 2. The Balaban J connectivity index is 1.98. The summed E-state index contributed by atoms with van der Waals surface area (Å²) in [7, 11) is 0. The van der Waals surface area contributed by atoms with Crippen molar-refractivity contribution in [2.24, 2.45) is 0 Å². The van der Waals surface area contributed by atoms with Crippen molar-refractivity contribution >= 4 is 12.0 Å². The first kappa shape index (κ1) is 25.0. The molecular weight excluding hydrogens is 411 g/mol. The molecular formula is C22H32F3N3O3. The largest absolute Gasteiger partial charge is 0.471 e. The maximum absolute atomic E-state index is 12.5. The van der Waals surface area contributed by atoms with Gasteiger partial charge in [-0.1, -0.05) is 31.2 Å². The molecule has 2 amide bonds. The summed E-state index contributed by atoms with van der Waals surface area (Å²) >= 11 is 0. The molecule has 0 aliphatic carbocycles. The molecule has 1 heterocycles. The molecule has 174 valence electrons. The maximum atomic E-state index is 12.5. The van der Waals surface area contributed by atoms with E-state index in [1.807, 2.05) is 38.2 Å². The smallest absolute Gasteiger partial charge is 0.444 e. The fourth-order valence-corrected chi connectivity index (χ4v) is 3.62. The molecule has 1 aromatic rings. The molecule has 0 radical (unpaired) electrons. The topological polar surface area (TPSA) is 61.9 Å². The molecule has 1 aliphatic rings. The highest BCUT2D eigenvalue weighted by Gasteiger charge is 2.39. The van der Waals surface area contributed by atoms with Gasteiger partial charge in [-0.25, -0.2) is 4.79 Å². The molecule has 1 aliphatic heterocycles. The van der Waals surface area contributed by atoms with Crippen LogP contribution in [0, 0.1) is 0 Å². The number of hydrogen-bond donors (Lipinski definition) is 1. The van der Waals surface area contributed by atoms with Crippen molar-refractivity contribution < 1.29 is 27.5 Å². The predicted octanol–water partition coefficient (Wildman–Crippen LogP) is 4.43. The van der Waals surface area contributed by atoms with Gasteiger partial charge in [0, 0.05) is 32.2 Å². The van der Waals surface area contributed by atoms with Crippen LogP contribution in [0.2, 0.25) is 0 Å². The van der Waals surface area contributed by atoms with Crippen LogP contribution in [0.1, 0.15) is 64.3 Å². The fraction of sp³-hybridized carbons (Fsp3) is 0.636. The summed E-state index contributed by atoms with van der Waals surface area (Å²) in [5.41, 5.74) is 1.12. The lowest BCUT2D eigenvalue weighted by atomic mass is 9.98. The van der Waals surface area contributed by atoms with E-state index in [9.17, 15) is 22.8 Å². The van der Waals surface area contributed by atoms with Crippen LogP contribution in [0.4, 0.5) is 18.0 Å². The second-order valence-corrected chi connectivity index (χ2v) is 8.79. The van der Waals surface area contributed by atoms with Gasteiger partial charge in [0.1, 0.15) is 5.60 Å². The van der Waals surface area contributed by atoms with Gasteiger partial charge in [-0.15, -0.1) is 0 Å². The van der Waals surface area contributed by atoms with Crippen molar-refractivity contribution in [2.75, 3.05) is 26.2 Å². The summed E-state index contributed by atoms with van der Waals surface area (Å²) in [4.78, 5) is 27.4. The highest BCUT2D eigenvalue weighted by atomic mass is 19.4. The lowest BCUT2D eigenvalue weighted by Gasteiger charge is -2.39. The number of hydrogen-bond acceptors (Lipinski definition) is 4. The zero-order chi connectivity index (χ0) is 23.4. The van der Waals surface area contributed by atoms with Crippen molar-refractivity contribution in [1.29, 1.82) is 0 Å². The lowest BCUT2D eigenvalue weighted by Crippen LogP contribution is -2.50. The minimum Gasteiger partial charge on any atom is -0.444 e. The number of carbonyl (C=O) groups excluding carboxylic acids is 2. The van der Waals surface area contributed by atoms with Crippen molar-refractivity contribution in [3.63, 3.8) is 0 Å². The number of alkyl halides is 3. The first-order valence-corrected chi connectivity index (χ1v) is 10.5. The van der Waals surface area contributed by atoms with E-state index in [1.54, 1.807) is 17.0 Å². The van der Waals surface area contributed by atoms with E-state index in [0.29, 0.717) is 31.7 Å². The van der Waals surface area contributed by atoms with Crippen LogP contribution in [0.15, 0.2) is 24.3 Å². The fourth-order valence-electron chi connectivity index (χ4n) is 3.62. The van der Waals surface area contributed by atoms with Gasteiger partial charge in [-0.2, -0.15) is 13.2 Å². The molecule has 9 heteroatoms. The van der Waals surface area contributed by atoms with Crippen molar-refractivity contribution in [3.8, 4) is 0 Å². The first-order valence-electron chi connectivity index (χ1n) is 10.5. The molecule has 2 rings (SSSR count). The summed E-state index contributed by atoms with van der Waals surface area (Å²) in [6.07, 6.45) is -4.35. The summed E-state index contributed by atoms with van der Waals surface area (Å²) in [5, 5.41) is 1.97. The Hall–Kier alpha value is -2.29. The van der Waals surface area contributed by atoms with Gasteiger partial charge < -0.3 is 15.0 Å². The SMILES string of the molecule is CC[C@H](c1ccc([C@H](C)NC(=O)C(F)(F)F)cc1)N1CCN(C(=O)OC(C)(C)C)CC1. The zero-order valence-electron chi connectivity index (χ0n) is 18.8. The van der Waals surface area contributed by atoms with Crippen LogP contribution in [-0.2, 0) is 9.53 Å². The number of benzene rings is 1. The Labute approximate surface area is 181 Å². The molecule has 6 nitrogen and oxygen atoms in total. The number of rotatable bonds is 5.